The van der Waals surface area contributed by atoms with Gasteiger partial charge in [-0.05, 0) is 58.0 Å². The van der Waals surface area contributed by atoms with Gasteiger partial charge in [0.25, 0.3) is 0 Å². The third kappa shape index (κ3) is 5.92. The van der Waals surface area contributed by atoms with Crippen molar-refractivity contribution in [3.05, 3.63) is 29.8 Å². The average Bonchev–Trinajstić information content (AvgIpc) is 2.36. The summed E-state index contributed by atoms with van der Waals surface area (Å²) in [6.45, 7) is 4.00. The molecule has 1 atom stereocenters. The van der Waals surface area contributed by atoms with Crippen molar-refractivity contribution in [1.29, 1.82) is 0 Å². The molecular formula is C15H25NO3S. The van der Waals surface area contributed by atoms with Gasteiger partial charge in [0.1, 0.15) is 5.75 Å². The van der Waals surface area contributed by atoms with Crippen molar-refractivity contribution in [3.8, 4) is 5.75 Å². The molecule has 0 aliphatic carbocycles. The minimum Gasteiger partial charge on any atom is -0.382 e. The number of hydrogen-bond acceptors (Lipinski definition) is 4. The zero-order valence-corrected chi connectivity index (χ0v) is 13.6. The van der Waals surface area contributed by atoms with Crippen LogP contribution in [0.1, 0.15) is 32.3 Å². The Morgan fingerprint density at radius 3 is 2.30 bits per heavy atom. The molecule has 0 aliphatic rings. The maximum atomic E-state index is 11.5. The van der Waals surface area contributed by atoms with E-state index in [1.165, 1.54) is 5.56 Å². The topological polar surface area (TPSA) is 46.6 Å². The summed E-state index contributed by atoms with van der Waals surface area (Å²) >= 11 is 0. The van der Waals surface area contributed by atoms with Crippen LogP contribution in [0, 0.1) is 0 Å². The van der Waals surface area contributed by atoms with E-state index in [0.29, 0.717) is 18.2 Å². The highest BCUT2D eigenvalue weighted by atomic mass is 32.2. The first-order valence-corrected chi connectivity index (χ1v) is 8.59. The maximum Gasteiger partial charge on any atom is 0.309 e. The molecule has 0 heterocycles. The third-order valence-corrected chi connectivity index (χ3v) is 4.69. The molecule has 1 rings (SSSR count). The number of benzene rings is 1. The average molecular weight is 299 g/mol. The lowest BCUT2D eigenvalue weighted by Crippen LogP contribution is -2.24. The van der Waals surface area contributed by atoms with Gasteiger partial charge in [0.2, 0.25) is 0 Å². The summed E-state index contributed by atoms with van der Waals surface area (Å²) in [4.78, 5) is 2.19. The van der Waals surface area contributed by atoms with Gasteiger partial charge < -0.3 is 9.08 Å². The van der Waals surface area contributed by atoms with E-state index in [-0.39, 0.29) is 5.75 Å². The predicted octanol–water partition coefficient (Wildman–Crippen LogP) is 2.69. The third-order valence-electron chi connectivity index (χ3n) is 3.33. The first-order valence-electron chi connectivity index (χ1n) is 7.01. The molecule has 4 nitrogen and oxygen atoms in total. The smallest absolute Gasteiger partial charge is 0.309 e. The fraction of sp³-hybridized carbons (Fsp3) is 0.600. The van der Waals surface area contributed by atoms with Crippen molar-refractivity contribution in [2.75, 3.05) is 19.8 Å². The zero-order valence-electron chi connectivity index (χ0n) is 12.8. The second-order valence-corrected chi connectivity index (χ2v) is 7.03. The lowest BCUT2D eigenvalue weighted by molar-refractivity contribution is 0.299. The molecule has 0 radical (unpaired) electrons. The van der Waals surface area contributed by atoms with E-state index in [1.807, 2.05) is 19.1 Å². The lowest BCUT2D eigenvalue weighted by Gasteiger charge is -2.19. The van der Waals surface area contributed by atoms with Crippen molar-refractivity contribution in [1.82, 2.24) is 4.90 Å². The molecule has 0 spiro atoms. The van der Waals surface area contributed by atoms with E-state index < -0.39 is 10.1 Å². The number of nitrogens with zero attached hydrogens (tertiary/aromatic N) is 1. The van der Waals surface area contributed by atoms with Crippen LogP contribution in [0.4, 0.5) is 0 Å². The second kappa shape index (κ2) is 7.64. The Morgan fingerprint density at radius 2 is 1.80 bits per heavy atom. The van der Waals surface area contributed by atoms with Crippen LogP contribution in [0.25, 0.3) is 0 Å². The molecule has 1 unspecified atom stereocenters. The second-order valence-electron chi connectivity index (χ2n) is 5.34. The Balaban J connectivity index is 2.56. The van der Waals surface area contributed by atoms with Crippen molar-refractivity contribution < 1.29 is 12.6 Å². The molecule has 0 saturated carbocycles. The monoisotopic (exact) mass is 299 g/mol. The highest BCUT2D eigenvalue weighted by molar-refractivity contribution is 7.87. The fourth-order valence-electron chi connectivity index (χ4n) is 1.78. The molecule has 20 heavy (non-hydrogen) atoms. The van der Waals surface area contributed by atoms with Gasteiger partial charge >= 0.3 is 10.1 Å². The van der Waals surface area contributed by atoms with Crippen LogP contribution in [0.5, 0.6) is 5.75 Å². The van der Waals surface area contributed by atoms with Gasteiger partial charge in [-0.2, -0.15) is 8.42 Å². The van der Waals surface area contributed by atoms with Crippen LogP contribution in [-0.2, 0) is 16.5 Å². The predicted molar refractivity (Wildman–Crippen MR) is 82.6 cm³/mol. The highest BCUT2D eigenvalue weighted by Gasteiger charge is 2.11. The van der Waals surface area contributed by atoms with E-state index in [9.17, 15) is 8.42 Å². The molecule has 114 valence electrons. The minimum atomic E-state index is -3.44. The zero-order chi connectivity index (χ0) is 15.2. The summed E-state index contributed by atoms with van der Waals surface area (Å²) in [6.07, 6.45) is 2.60. The maximum absolute atomic E-state index is 11.5. The lowest BCUT2D eigenvalue weighted by atomic mass is 10.1. The first kappa shape index (κ1) is 17.0. The summed E-state index contributed by atoms with van der Waals surface area (Å²) in [6, 6.07) is 7.83. The Hall–Kier alpha value is -1.07. The Labute approximate surface area is 122 Å². The quantitative estimate of drug-likeness (QED) is 0.692. The molecule has 0 bridgehead atoms. The number of hydrogen-bond donors (Lipinski definition) is 0. The number of aryl methyl sites for hydroxylation is 1. The molecule has 0 N–H and O–H groups in total. The van der Waals surface area contributed by atoms with Crippen LogP contribution >= 0.6 is 0 Å². The minimum absolute atomic E-state index is 0.0507. The van der Waals surface area contributed by atoms with Crippen LogP contribution in [0.3, 0.4) is 0 Å². The molecule has 0 aromatic heterocycles. The van der Waals surface area contributed by atoms with Gasteiger partial charge in [0.15, 0.2) is 0 Å². The molecule has 0 fully saturated rings. The SMILES string of the molecule is CCCS(=O)(=O)Oc1ccc(CCC(C)N(C)C)cc1. The highest BCUT2D eigenvalue weighted by Crippen LogP contribution is 2.16. The first-order chi connectivity index (χ1) is 9.34. The van der Waals surface area contributed by atoms with Gasteiger partial charge in [0.05, 0.1) is 5.75 Å². The molecule has 0 saturated heterocycles. The molecule has 1 aromatic carbocycles. The van der Waals surface area contributed by atoms with Crippen LogP contribution < -0.4 is 4.18 Å². The molecule has 0 aliphatic heterocycles. The van der Waals surface area contributed by atoms with Crippen molar-refractivity contribution in [2.45, 2.75) is 39.2 Å². The van der Waals surface area contributed by atoms with Gasteiger partial charge in [-0.1, -0.05) is 19.1 Å². The standard InChI is InChI=1S/C15H25NO3S/c1-5-12-20(17,18)19-15-10-8-14(9-11-15)7-6-13(2)16(3)4/h8-11,13H,5-7,12H2,1-4H3. The van der Waals surface area contributed by atoms with Crippen molar-refractivity contribution in [3.63, 3.8) is 0 Å². The Morgan fingerprint density at radius 1 is 1.20 bits per heavy atom. The molecule has 5 heteroatoms. The Kier molecular flexibility index (Phi) is 6.49. The normalized spacial score (nSPS) is 13.4. The van der Waals surface area contributed by atoms with Crippen molar-refractivity contribution >= 4 is 10.1 Å². The number of rotatable bonds is 8. The van der Waals surface area contributed by atoms with E-state index in [4.69, 9.17) is 4.18 Å². The van der Waals surface area contributed by atoms with Gasteiger partial charge in [-0.15, -0.1) is 0 Å². The summed E-state index contributed by atoms with van der Waals surface area (Å²) in [5.74, 6) is 0.442. The van der Waals surface area contributed by atoms with Crippen LogP contribution in [0.15, 0.2) is 24.3 Å². The summed E-state index contributed by atoms with van der Waals surface area (Å²) in [5, 5.41) is 0. The van der Waals surface area contributed by atoms with Gasteiger partial charge in [-0.25, -0.2) is 0 Å². The summed E-state index contributed by atoms with van der Waals surface area (Å²) in [7, 11) is 0.698. The van der Waals surface area contributed by atoms with E-state index in [0.717, 1.165) is 12.8 Å². The van der Waals surface area contributed by atoms with Crippen molar-refractivity contribution in [2.24, 2.45) is 0 Å². The fourth-order valence-corrected chi connectivity index (χ4v) is 2.77. The molecule has 1 aromatic rings. The van der Waals surface area contributed by atoms with Gasteiger partial charge in [0, 0.05) is 6.04 Å². The van der Waals surface area contributed by atoms with E-state index >= 15 is 0 Å². The summed E-state index contributed by atoms with van der Waals surface area (Å²) < 4.78 is 28.1. The van der Waals surface area contributed by atoms with Crippen LogP contribution in [-0.4, -0.2) is 39.2 Å². The van der Waals surface area contributed by atoms with E-state index in [1.54, 1.807) is 12.1 Å². The summed E-state index contributed by atoms with van der Waals surface area (Å²) in [5.41, 5.74) is 1.19. The Bertz CT molecular complexity index is 494. The molecular weight excluding hydrogens is 274 g/mol. The van der Waals surface area contributed by atoms with Crippen LogP contribution in [0.2, 0.25) is 0 Å². The van der Waals surface area contributed by atoms with Gasteiger partial charge in [-0.3, -0.25) is 0 Å². The van der Waals surface area contributed by atoms with E-state index in [2.05, 4.69) is 25.9 Å². The largest absolute Gasteiger partial charge is 0.382 e. The molecule has 0 amide bonds.